The smallest absolute Gasteiger partial charge is 0.270 e. The van der Waals surface area contributed by atoms with E-state index in [1.165, 1.54) is 5.56 Å². The van der Waals surface area contributed by atoms with Gasteiger partial charge in [-0.2, -0.15) is 5.10 Å². The molecule has 1 atom stereocenters. The molecule has 166 valence electrons. The van der Waals surface area contributed by atoms with Gasteiger partial charge >= 0.3 is 0 Å². The second-order valence-corrected chi connectivity index (χ2v) is 8.14. The van der Waals surface area contributed by atoms with E-state index in [9.17, 15) is 4.79 Å². The van der Waals surface area contributed by atoms with Crippen LogP contribution >= 0.6 is 0 Å². The number of hydrogen-bond acceptors (Lipinski definition) is 4. The zero-order valence-electron chi connectivity index (χ0n) is 19.3. The minimum absolute atomic E-state index is 0.0811. The molecule has 1 amide bonds. The van der Waals surface area contributed by atoms with Crippen LogP contribution in [0.4, 0.5) is 0 Å². The first-order chi connectivity index (χ1) is 14.9. The van der Waals surface area contributed by atoms with Crippen LogP contribution in [0.15, 0.2) is 47.1 Å². The Kier molecular flexibility index (Phi) is 7.69. The summed E-state index contributed by atoms with van der Waals surface area (Å²) in [6.07, 6.45) is 3.60. The number of carbonyl (C=O) groups excluding carboxylic acids is 1. The van der Waals surface area contributed by atoms with Crippen LogP contribution in [0.1, 0.15) is 55.2 Å². The van der Waals surface area contributed by atoms with Gasteiger partial charge in [-0.15, -0.1) is 0 Å². The third-order valence-corrected chi connectivity index (χ3v) is 5.68. The summed E-state index contributed by atoms with van der Waals surface area (Å²) in [5.74, 6) is 0.519. The van der Waals surface area contributed by atoms with Crippen molar-refractivity contribution in [2.45, 2.75) is 53.5 Å². The highest BCUT2D eigenvalue weighted by atomic mass is 16.3. The van der Waals surface area contributed by atoms with Crippen LogP contribution in [-0.4, -0.2) is 46.3 Å². The van der Waals surface area contributed by atoms with Gasteiger partial charge in [-0.1, -0.05) is 31.5 Å². The summed E-state index contributed by atoms with van der Waals surface area (Å²) in [5, 5.41) is 7.86. The highest BCUT2D eigenvalue weighted by Gasteiger charge is 2.21. The molecule has 0 aliphatic heterocycles. The van der Waals surface area contributed by atoms with E-state index in [-0.39, 0.29) is 11.9 Å². The van der Waals surface area contributed by atoms with Gasteiger partial charge < -0.3 is 14.6 Å². The molecule has 0 bridgehead atoms. The van der Waals surface area contributed by atoms with Crippen LogP contribution in [-0.2, 0) is 0 Å². The molecule has 2 aromatic heterocycles. The molecule has 6 heteroatoms. The average Bonchev–Trinajstić information content (AvgIpc) is 3.41. The lowest BCUT2D eigenvalue weighted by atomic mass is 10.1. The Morgan fingerprint density at radius 2 is 1.97 bits per heavy atom. The maximum absolute atomic E-state index is 13.2. The summed E-state index contributed by atoms with van der Waals surface area (Å²) >= 11 is 0. The van der Waals surface area contributed by atoms with Gasteiger partial charge in [0.2, 0.25) is 0 Å². The minimum atomic E-state index is -0.124. The van der Waals surface area contributed by atoms with Crippen LogP contribution in [0.3, 0.4) is 0 Å². The SMILES string of the molecule is CCN(CC)CCC[C@H](C)NC(=O)c1cc(-c2ccco2)nn1-c1ccc(C)cc1C. The molecule has 0 saturated heterocycles. The summed E-state index contributed by atoms with van der Waals surface area (Å²) in [6.45, 7) is 13.7. The van der Waals surface area contributed by atoms with E-state index in [0.717, 1.165) is 43.7 Å². The number of rotatable bonds is 10. The molecule has 1 aromatic carbocycles. The fourth-order valence-electron chi connectivity index (χ4n) is 3.85. The Labute approximate surface area is 185 Å². The molecular formula is C25H34N4O2. The number of benzene rings is 1. The van der Waals surface area contributed by atoms with E-state index in [2.05, 4.69) is 44.0 Å². The average molecular weight is 423 g/mol. The first-order valence-corrected chi connectivity index (χ1v) is 11.2. The van der Waals surface area contributed by atoms with E-state index in [1.54, 1.807) is 17.0 Å². The molecular weight excluding hydrogens is 388 g/mol. The van der Waals surface area contributed by atoms with Crippen molar-refractivity contribution in [1.29, 1.82) is 0 Å². The zero-order valence-corrected chi connectivity index (χ0v) is 19.3. The number of carbonyl (C=O) groups is 1. The predicted octanol–water partition coefficient (Wildman–Crippen LogP) is 4.99. The van der Waals surface area contributed by atoms with Gasteiger partial charge in [-0.05, 0) is 77.0 Å². The standard InChI is InChI=1S/C25H34N4O2/c1-6-28(7-2)14-8-10-20(5)26-25(30)23-17-21(24-11-9-15-31-24)27-29(23)22-13-12-18(3)16-19(22)4/h9,11-13,15-17,20H,6-8,10,14H2,1-5H3,(H,26,30)/t20-/m0/s1. The van der Waals surface area contributed by atoms with Crippen molar-refractivity contribution < 1.29 is 9.21 Å². The maximum atomic E-state index is 13.2. The van der Waals surface area contributed by atoms with Gasteiger partial charge in [0, 0.05) is 12.1 Å². The molecule has 0 unspecified atom stereocenters. The lowest BCUT2D eigenvalue weighted by Gasteiger charge is -2.20. The molecule has 1 N–H and O–H groups in total. The number of nitrogens with one attached hydrogen (secondary N) is 1. The Morgan fingerprint density at radius 3 is 2.61 bits per heavy atom. The van der Waals surface area contributed by atoms with E-state index < -0.39 is 0 Å². The number of amides is 1. The normalized spacial score (nSPS) is 12.3. The topological polar surface area (TPSA) is 63.3 Å². The van der Waals surface area contributed by atoms with E-state index >= 15 is 0 Å². The molecule has 0 radical (unpaired) electrons. The van der Waals surface area contributed by atoms with Gasteiger partial charge in [0.1, 0.15) is 11.4 Å². The van der Waals surface area contributed by atoms with Crippen molar-refractivity contribution in [3.05, 3.63) is 59.5 Å². The Balaban J connectivity index is 1.81. The van der Waals surface area contributed by atoms with Crippen LogP contribution in [0.2, 0.25) is 0 Å². The van der Waals surface area contributed by atoms with E-state index in [0.29, 0.717) is 17.1 Å². The molecule has 6 nitrogen and oxygen atoms in total. The number of aromatic nitrogens is 2. The largest absolute Gasteiger partial charge is 0.463 e. The van der Waals surface area contributed by atoms with Crippen molar-refractivity contribution in [1.82, 2.24) is 20.0 Å². The summed E-state index contributed by atoms with van der Waals surface area (Å²) in [6, 6.07) is 11.7. The number of aryl methyl sites for hydroxylation is 2. The highest BCUT2D eigenvalue weighted by molar-refractivity contribution is 5.94. The lowest BCUT2D eigenvalue weighted by Crippen LogP contribution is -2.34. The molecule has 0 saturated carbocycles. The first kappa shape index (κ1) is 22.8. The molecule has 0 fully saturated rings. The van der Waals surface area contributed by atoms with Crippen LogP contribution < -0.4 is 5.32 Å². The van der Waals surface area contributed by atoms with Crippen molar-refractivity contribution >= 4 is 5.91 Å². The summed E-state index contributed by atoms with van der Waals surface area (Å²) < 4.78 is 7.25. The molecule has 3 aromatic rings. The van der Waals surface area contributed by atoms with E-state index in [4.69, 9.17) is 9.52 Å². The van der Waals surface area contributed by atoms with E-state index in [1.807, 2.05) is 31.2 Å². The molecule has 2 heterocycles. The zero-order chi connectivity index (χ0) is 22.4. The minimum Gasteiger partial charge on any atom is -0.463 e. The fourth-order valence-corrected chi connectivity index (χ4v) is 3.85. The van der Waals surface area contributed by atoms with Crippen molar-refractivity contribution in [2.24, 2.45) is 0 Å². The van der Waals surface area contributed by atoms with Gasteiger partial charge in [0.25, 0.3) is 5.91 Å². The quantitative estimate of drug-likeness (QED) is 0.500. The van der Waals surface area contributed by atoms with Gasteiger partial charge in [0.15, 0.2) is 5.76 Å². The van der Waals surface area contributed by atoms with Crippen molar-refractivity contribution in [3.63, 3.8) is 0 Å². The van der Waals surface area contributed by atoms with Gasteiger partial charge in [-0.25, -0.2) is 4.68 Å². The first-order valence-electron chi connectivity index (χ1n) is 11.2. The van der Waals surface area contributed by atoms with Crippen molar-refractivity contribution in [2.75, 3.05) is 19.6 Å². The maximum Gasteiger partial charge on any atom is 0.270 e. The fraction of sp³-hybridized carbons (Fsp3) is 0.440. The van der Waals surface area contributed by atoms with Crippen LogP contribution in [0, 0.1) is 13.8 Å². The predicted molar refractivity (Wildman–Crippen MR) is 125 cm³/mol. The lowest BCUT2D eigenvalue weighted by molar-refractivity contribution is 0.0929. The summed E-state index contributed by atoms with van der Waals surface area (Å²) in [7, 11) is 0. The van der Waals surface area contributed by atoms with Crippen LogP contribution in [0.5, 0.6) is 0 Å². The summed E-state index contributed by atoms with van der Waals surface area (Å²) in [5.41, 5.74) is 4.28. The van der Waals surface area contributed by atoms with Gasteiger partial charge in [-0.3, -0.25) is 4.79 Å². The molecule has 31 heavy (non-hydrogen) atoms. The molecule has 0 spiro atoms. The summed E-state index contributed by atoms with van der Waals surface area (Å²) in [4.78, 5) is 15.6. The Bertz CT molecular complexity index is 987. The second kappa shape index (κ2) is 10.4. The molecule has 3 rings (SSSR count). The Hall–Kier alpha value is -2.86. The van der Waals surface area contributed by atoms with Gasteiger partial charge in [0.05, 0.1) is 12.0 Å². The highest BCUT2D eigenvalue weighted by Crippen LogP contribution is 2.24. The third-order valence-electron chi connectivity index (χ3n) is 5.68. The number of furan rings is 1. The monoisotopic (exact) mass is 422 g/mol. The van der Waals surface area contributed by atoms with Crippen LogP contribution in [0.25, 0.3) is 17.1 Å². The van der Waals surface area contributed by atoms with Crippen molar-refractivity contribution in [3.8, 4) is 17.1 Å². The second-order valence-electron chi connectivity index (χ2n) is 8.14. The Morgan fingerprint density at radius 1 is 1.19 bits per heavy atom. The molecule has 0 aliphatic carbocycles. The molecule has 0 aliphatic rings. The number of hydrogen-bond donors (Lipinski definition) is 1. The number of nitrogens with zero attached hydrogens (tertiary/aromatic N) is 3. The third kappa shape index (κ3) is 5.64.